The van der Waals surface area contributed by atoms with Crippen molar-refractivity contribution in [1.82, 2.24) is 5.32 Å². The molecule has 1 aromatic carbocycles. The van der Waals surface area contributed by atoms with Crippen LogP contribution in [0.4, 0.5) is 0 Å². The number of benzene rings is 1. The summed E-state index contributed by atoms with van der Waals surface area (Å²) in [6.07, 6.45) is 4.60. The standard InChI is InChI=1S/C17H22ClNO2/c18-16-7-2-1-6-13(16)14-9-15(14)17(21)19-10-11-4-3-5-12(20)8-11/h1-2,6-7,11-12,14-15,20H,3-5,8-10H2,(H,19,21). The molecule has 4 atom stereocenters. The molecule has 2 fully saturated rings. The van der Waals surface area contributed by atoms with Crippen LogP contribution < -0.4 is 5.32 Å². The van der Waals surface area contributed by atoms with Gasteiger partial charge in [0.1, 0.15) is 0 Å². The minimum absolute atomic E-state index is 0.0680. The average molecular weight is 308 g/mol. The molecule has 0 radical (unpaired) electrons. The van der Waals surface area contributed by atoms with Crippen LogP contribution in [-0.4, -0.2) is 23.7 Å². The van der Waals surface area contributed by atoms with Gasteiger partial charge < -0.3 is 10.4 Å². The molecule has 3 nitrogen and oxygen atoms in total. The summed E-state index contributed by atoms with van der Waals surface area (Å²) in [5.41, 5.74) is 1.09. The monoisotopic (exact) mass is 307 g/mol. The molecular formula is C17H22ClNO2. The molecule has 0 aliphatic heterocycles. The molecule has 21 heavy (non-hydrogen) atoms. The van der Waals surface area contributed by atoms with Crippen LogP contribution in [-0.2, 0) is 4.79 Å². The molecule has 2 N–H and O–H groups in total. The van der Waals surface area contributed by atoms with E-state index in [2.05, 4.69) is 5.32 Å². The van der Waals surface area contributed by atoms with Gasteiger partial charge in [0, 0.05) is 17.5 Å². The van der Waals surface area contributed by atoms with Crippen molar-refractivity contribution in [2.75, 3.05) is 6.54 Å². The zero-order valence-electron chi connectivity index (χ0n) is 12.1. The van der Waals surface area contributed by atoms with E-state index < -0.39 is 0 Å². The van der Waals surface area contributed by atoms with Crippen molar-refractivity contribution >= 4 is 17.5 Å². The second kappa shape index (κ2) is 6.37. The molecule has 4 heteroatoms. The topological polar surface area (TPSA) is 49.3 Å². The Morgan fingerprint density at radius 1 is 1.29 bits per heavy atom. The number of carbonyl (C=O) groups excluding carboxylic acids is 1. The molecule has 0 bridgehead atoms. The van der Waals surface area contributed by atoms with Crippen LogP contribution in [0, 0.1) is 11.8 Å². The van der Waals surface area contributed by atoms with Crippen molar-refractivity contribution in [1.29, 1.82) is 0 Å². The van der Waals surface area contributed by atoms with Crippen molar-refractivity contribution in [3.05, 3.63) is 34.9 Å². The first-order valence-corrected chi connectivity index (χ1v) is 8.23. The van der Waals surface area contributed by atoms with Gasteiger partial charge in [-0.3, -0.25) is 4.79 Å². The number of amides is 1. The molecule has 3 rings (SSSR count). The number of aliphatic hydroxyl groups excluding tert-OH is 1. The van der Waals surface area contributed by atoms with E-state index in [0.717, 1.165) is 42.7 Å². The Morgan fingerprint density at radius 2 is 2.10 bits per heavy atom. The summed E-state index contributed by atoms with van der Waals surface area (Å²) in [7, 11) is 0. The quantitative estimate of drug-likeness (QED) is 0.898. The van der Waals surface area contributed by atoms with Gasteiger partial charge in [0.2, 0.25) is 5.91 Å². The summed E-state index contributed by atoms with van der Waals surface area (Å²) in [5, 5.41) is 13.5. The maximum Gasteiger partial charge on any atom is 0.223 e. The first-order chi connectivity index (χ1) is 10.1. The molecule has 0 aromatic heterocycles. The molecule has 0 spiro atoms. The molecule has 2 saturated carbocycles. The van der Waals surface area contributed by atoms with Gasteiger partial charge in [-0.25, -0.2) is 0 Å². The highest BCUT2D eigenvalue weighted by atomic mass is 35.5. The highest BCUT2D eigenvalue weighted by Crippen LogP contribution is 2.49. The van der Waals surface area contributed by atoms with Crippen LogP contribution in [0.25, 0.3) is 0 Å². The van der Waals surface area contributed by atoms with Gasteiger partial charge >= 0.3 is 0 Å². The Morgan fingerprint density at radius 3 is 2.86 bits per heavy atom. The van der Waals surface area contributed by atoms with Crippen LogP contribution in [0.5, 0.6) is 0 Å². The third-order valence-corrected chi connectivity index (χ3v) is 5.10. The first kappa shape index (κ1) is 14.9. The highest BCUT2D eigenvalue weighted by molar-refractivity contribution is 6.31. The van der Waals surface area contributed by atoms with Gasteiger partial charge in [-0.2, -0.15) is 0 Å². The first-order valence-electron chi connectivity index (χ1n) is 7.85. The lowest BCUT2D eigenvalue weighted by atomic mass is 9.87. The number of hydrogen-bond acceptors (Lipinski definition) is 2. The minimum atomic E-state index is -0.183. The van der Waals surface area contributed by atoms with Crippen molar-refractivity contribution in [2.24, 2.45) is 11.8 Å². The van der Waals surface area contributed by atoms with Gasteiger partial charge in [-0.1, -0.05) is 36.2 Å². The fourth-order valence-corrected chi connectivity index (χ4v) is 3.70. The van der Waals surface area contributed by atoms with E-state index in [1.165, 1.54) is 0 Å². The Kier molecular flexibility index (Phi) is 4.51. The van der Waals surface area contributed by atoms with Crippen LogP contribution in [0.15, 0.2) is 24.3 Å². The summed E-state index contributed by atoms with van der Waals surface area (Å²) < 4.78 is 0. The number of halogens is 1. The number of aliphatic hydroxyl groups is 1. The van der Waals surface area contributed by atoms with Gasteiger partial charge in [0.05, 0.1) is 6.10 Å². The third-order valence-electron chi connectivity index (χ3n) is 4.75. The van der Waals surface area contributed by atoms with Crippen LogP contribution in [0.2, 0.25) is 5.02 Å². The van der Waals surface area contributed by atoms with Crippen molar-refractivity contribution in [2.45, 2.75) is 44.1 Å². The number of carbonyl (C=O) groups is 1. The molecule has 0 saturated heterocycles. The maximum absolute atomic E-state index is 12.2. The molecule has 1 aromatic rings. The fraction of sp³-hybridized carbons (Fsp3) is 0.588. The maximum atomic E-state index is 12.2. The number of nitrogens with one attached hydrogen (secondary N) is 1. The van der Waals surface area contributed by atoms with Crippen molar-refractivity contribution < 1.29 is 9.90 Å². The number of rotatable bonds is 4. The smallest absolute Gasteiger partial charge is 0.223 e. The highest BCUT2D eigenvalue weighted by Gasteiger charge is 2.44. The molecule has 2 aliphatic rings. The fourth-order valence-electron chi connectivity index (χ4n) is 3.43. The van der Waals surface area contributed by atoms with Crippen LogP contribution in [0.3, 0.4) is 0 Å². The summed E-state index contributed by atoms with van der Waals surface area (Å²) in [6.45, 7) is 0.696. The average Bonchev–Trinajstić information content (AvgIpc) is 3.26. The van der Waals surface area contributed by atoms with Crippen LogP contribution >= 0.6 is 11.6 Å². The summed E-state index contributed by atoms with van der Waals surface area (Å²) in [4.78, 5) is 12.2. The summed E-state index contributed by atoms with van der Waals surface area (Å²) >= 11 is 6.18. The van der Waals surface area contributed by atoms with Gasteiger partial charge in [0.15, 0.2) is 0 Å². The van der Waals surface area contributed by atoms with Gasteiger partial charge in [0.25, 0.3) is 0 Å². The Labute approximate surface area is 130 Å². The zero-order valence-corrected chi connectivity index (χ0v) is 12.9. The third kappa shape index (κ3) is 3.58. The molecule has 2 aliphatic carbocycles. The SMILES string of the molecule is O=C(NCC1CCCC(O)C1)C1CC1c1ccccc1Cl. The van der Waals surface area contributed by atoms with E-state index >= 15 is 0 Å². The van der Waals surface area contributed by atoms with E-state index in [9.17, 15) is 9.90 Å². The van der Waals surface area contributed by atoms with Gasteiger partial charge in [-0.05, 0) is 49.1 Å². The van der Waals surface area contributed by atoms with E-state index in [-0.39, 0.29) is 23.8 Å². The van der Waals surface area contributed by atoms with E-state index in [0.29, 0.717) is 12.5 Å². The number of hydrogen-bond donors (Lipinski definition) is 2. The Balaban J connectivity index is 1.48. The second-order valence-corrected chi connectivity index (χ2v) is 6.81. The molecule has 4 unspecified atom stereocenters. The van der Waals surface area contributed by atoms with E-state index in [1.54, 1.807) is 0 Å². The summed E-state index contributed by atoms with van der Waals surface area (Å²) in [6, 6.07) is 7.78. The lowest BCUT2D eigenvalue weighted by molar-refractivity contribution is -0.122. The van der Waals surface area contributed by atoms with Crippen molar-refractivity contribution in [3.8, 4) is 0 Å². The second-order valence-electron chi connectivity index (χ2n) is 6.40. The Hall–Kier alpha value is -1.06. The van der Waals surface area contributed by atoms with Gasteiger partial charge in [-0.15, -0.1) is 0 Å². The largest absolute Gasteiger partial charge is 0.393 e. The lowest BCUT2D eigenvalue weighted by Gasteiger charge is -2.25. The van der Waals surface area contributed by atoms with E-state index in [4.69, 9.17) is 11.6 Å². The lowest BCUT2D eigenvalue weighted by Crippen LogP contribution is -2.34. The Bertz CT molecular complexity index is 519. The van der Waals surface area contributed by atoms with E-state index in [1.807, 2.05) is 24.3 Å². The minimum Gasteiger partial charge on any atom is -0.393 e. The predicted molar refractivity (Wildman–Crippen MR) is 83.3 cm³/mol. The zero-order chi connectivity index (χ0) is 14.8. The molecular weight excluding hydrogens is 286 g/mol. The van der Waals surface area contributed by atoms with Crippen LogP contribution in [0.1, 0.15) is 43.6 Å². The van der Waals surface area contributed by atoms with Crippen molar-refractivity contribution in [3.63, 3.8) is 0 Å². The predicted octanol–water partition coefficient (Wildman–Crippen LogP) is 3.11. The normalized spacial score (nSPS) is 31.7. The summed E-state index contributed by atoms with van der Waals surface area (Å²) in [5.74, 6) is 0.907. The molecule has 1 amide bonds. The molecule has 114 valence electrons. The molecule has 0 heterocycles.